The molecule has 0 heterocycles. The number of nitrogens with zero attached hydrogens (tertiary/aromatic N) is 2. The first-order chi connectivity index (χ1) is 11.1. The molecule has 3 N–H and O–H groups in total. The third-order valence-electron chi connectivity index (χ3n) is 4.42. The lowest BCUT2D eigenvalue weighted by Gasteiger charge is -2.09. The molecule has 0 saturated heterocycles. The van der Waals surface area contributed by atoms with E-state index in [4.69, 9.17) is 5.73 Å². The van der Waals surface area contributed by atoms with Crippen molar-refractivity contribution in [2.24, 2.45) is 10.7 Å². The molecule has 0 spiro atoms. The van der Waals surface area contributed by atoms with E-state index in [1.807, 2.05) is 0 Å². The van der Waals surface area contributed by atoms with Crippen LogP contribution < -0.4 is 11.1 Å². The Labute approximate surface area is 164 Å². The summed E-state index contributed by atoms with van der Waals surface area (Å²) in [7, 11) is 4.26. The fraction of sp³-hybridized carbons (Fsp3) is 0.632. The van der Waals surface area contributed by atoms with E-state index >= 15 is 0 Å². The highest BCUT2D eigenvalue weighted by Crippen LogP contribution is 2.24. The van der Waals surface area contributed by atoms with Crippen LogP contribution >= 0.6 is 24.0 Å². The zero-order valence-electron chi connectivity index (χ0n) is 15.2. The highest BCUT2D eigenvalue weighted by atomic mass is 127. The van der Waals surface area contributed by atoms with E-state index in [1.54, 1.807) is 0 Å². The smallest absolute Gasteiger partial charge is 0.193 e. The standard InChI is InChI=1S/C19H32N4.HI/c1-23(2)14-7-5-3-4-6-13-21-19(20)22-18-12-11-16-9-8-10-17(16)15-18;/h11-12,15H,3-10,13-14H2,1-2H3,(H3,20,21,22);1H. The molecule has 0 atom stereocenters. The van der Waals surface area contributed by atoms with Gasteiger partial charge in [0.1, 0.15) is 0 Å². The number of halogens is 1. The third-order valence-corrected chi connectivity index (χ3v) is 4.42. The van der Waals surface area contributed by atoms with Crippen molar-refractivity contribution in [3.05, 3.63) is 29.3 Å². The van der Waals surface area contributed by atoms with E-state index in [9.17, 15) is 0 Å². The van der Waals surface area contributed by atoms with Crippen molar-refractivity contribution >= 4 is 35.6 Å². The maximum Gasteiger partial charge on any atom is 0.193 e. The quantitative estimate of drug-likeness (QED) is 0.262. The van der Waals surface area contributed by atoms with Gasteiger partial charge in [-0.2, -0.15) is 0 Å². The van der Waals surface area contributed by atoms with E-state index in [-0.39, 0.29) is 24.0 Å². The van der Waals surface area contributed by atoms with Crippen molar-refractivity contribution in [3.63, 3.8) is 0 Å². The van der Waals surface area contributed by atoms with Crippen LogP contribution in [0.4, 0.5) is 5.69 Å². The molecule has 0 aromatic heterocycles. The minimum atomic E-state index is 0. The summed E-state index contributed by atoms with van der Waals surface area (Å²) >= 11 is 0. The molecule has 0 aliphatic heterocycles. The van der Waals surface area contributed by atoms with Crippen LogP contribution in [0, 0.1) is 0 Å². The van der Waals surface area contributed by atoms with Gasteiger partial charge in [0.15, 0.2) is 5.96 Å². The lowest BCUT2D eigenvalue weighted by atomic mass is 10.1. The molecule has 2 rings (SSSR count). The number of nitrogens with one attached hydrogen (secondary N) is 1. The molecule has 1 aliphatic carbocycles. The molecule has 0 bridgehead atoms. The SMILES string of the molecule is CN(C)CCCCCCCN=C(N)Nc1ccc2c(c1)CCC2.I. The number of guanidine groups is 1. The van der Waals surface area contributed by atoms with Gasteiger partial charge in [-0.15, -0.1) is 24.0 Å². The Balaban J connectivity index is 0.00000288. The molecular formula is C19H33IN4. The lowest BCUT2D eigenvalue weighted by molar-refractivity contribution is 0.390. The molecule has 0 unspecified atom stereocenters. The molecule has 136 valence electrons. The number of fused-ring (bicyclic) bond motifs is 1. The summed E-state index contributed by atoms with van der Waals surface area (Å²) in [6, 6.07) is 6.54. The van der Waals surface area contributed by atoms with E-state index < -0.39 is 0 Å². The maximum absolute atomic E-state index is 5.98. The summed E-state index contributed by atoms with van der Waals surface area (Å²) in [4.78, 5) is 6.68. The number of unbranched alkanes of at least 4 members (excludes halogenated alkanes) is 4. The highest BCUT2D eigenvalue weighted by molar-refractivity contribution is 14.0. The zero-order valence-corrected chi connectivity index (χ0v) is 17.5. The van der Waals surface area contributed by atoms with Gasteiger partial charge in [-0.25, -0.2) is 0 Å². The van der Waals surface area contributed by atoms with Crippen molar-refractivity contribution in [1.29, 1.82) is 0 Å². The van der Waals surface area contributed by atoms with Crippen LogP contribution in [0.3, 0.4) is 0 Å². The van der Waals surface area contributed by atoms with Crippen molar-refractivity contribution in [3.8, 4) is 0 Å². The predicted molar refractivity (Wildman–Crippen MR) is 116 cm³/mol. The molecule has 4 nitrogen and oxygen atoms in total. The Hall–Kier alpha value is -0.820. The number of nitrogens with two attached hydrogens (primary N) is 1. The van der Waals surface area contributed by atoms with E-state index in [2.05, 4.69) is 47.5 Å². The van der Waals surface area contributed by atoms with Gasteiger partial charge < -0.3 is 16.0 Å². The van der Waals surface area contributed by atoms with Crippen molar-refractivity contribution < 1.29 is 0 Å². The first kappa shape index (κ1) is 21.2. The topological polar surface area (TPSA) is 53.6 Å². The minimum Gasteiger partial charge on any atom is -0.370 e. The van der Waals surface area contributed by atoms with E-state index in [1.165, 1.54) is 62.6 Å². The molecule has 0 fully saturated rings. The van der Waals surface area contributed by atoms with Gasteiger partial charge in [0.2, 0.25) is 0 Å². The monoisotopic (exact) mass is 444 g/mol. The van der Waals surface area contributed by atoms with Crippen LogP contribution in [0.15, 0.2) is 23.2 Å². The maximum atomic E-state index is 5.98. The predicted octanol–water partition coefficient (Wildman–Crippen LogP) is 4.03. The molecular weight excluding hydrogens is 411 g/mol. The van der Waals surface area contributed by atoms with Crippen LogP contribution in [0.2, 0.25) is 0 Å². The van der Waals surface area contributed by atoms with Crippen LogP contribution in [-0.2, 0) is 12.8 Å². The van der Waals surface area contributed by atoms with Gasteiger partial charge in [-0.1, -0.05) is 25.3 Å². The Morgan fingerprint density at radius 2 is 1.79 bits per heavy atom. The van der Waals surface area contributed by atoms with Crippen LogP contribution in [0.1, 0.15) is 49.7 Å². The van der Waals surface area contributed by atoms with Gasteiger partial charge in [-0.3, -0.25) is 4.99 Å². The Morgan fingerprint density at radius 3 is 2.58 bits per heavy atom. The van der Waals surface area contributed by atoms with Gasteiger partial charge in [0.05, 0.1) is 0 Å². The van der Waals surface area contributed by atoms with E-state index in [0.29, 0.717) is 5.96 Å². The highest BCUT2D eigenvalue weighted by Gasteiger charge is 2.10. The number of aryl methyl sites for hydroxylation is 2. The van der Waals surface area contributed by atoms with Gasteiger partial charge >= 0.3 is 0 Å². The fourth-order valence-electron chi connectivity index (χ4n) is 3.11. The van der Waals surface area contributed by atoms with Gasteiger partial charge in [0, 0.05) is 12.2 Å². The number of hydrogen-bond acceptors (Lipinski definition) is 2. The van der Waals surface area contributed by atoms with Crippen molar-refractivity contribution in [2.75, 3.05) is 32.5 Å². The molecule has 1 aromatic rings. The van der Waals surface area contributed by atoms with Gasteiger partial charge in [-0.05, 0) is 76.0 Å². The molecule has 24 heavy (non-hydrogen) atoms. The zero-order chi connectivity index (χ0) is 16.5. The fourth-order valence-corrected chi connectivity index (χ4v) is 3.11. The van der Waals surface area contributed by atoms with Gasteiger partial charge in [0.25, 0.3) is 0 Å². The Kier molecular flexibility index (Phi) is 10.3. The molecule has 0 radical (unpaired) electrons. The summed E-state index contributed by atoms with van der Waals surface area (Å²) in [6.07, 6.45) is 9.93. The second-order valence-electron chi connectivity index (χ2n) is 6.80. The average Bonchev–Trinajstić information content (AvgIpc) is 2.97. The normalized spacial score (nSPS) is 13.7. The number of rotatable bonds is 9. The minimum absolute atomic E-state index is 0. The molecule has 1 aliphatic rings. The number of hydrogen-bond donors (Lipinski definition) is 2. The summed E-state index contributed by atoms with van der Waals surface area (Å²) in [5.41, 5.74) is 9.99. The number of aliphatic imine (C=N–C) groups is 1. The van der Waals surface area contributed by atoms with Crippen molar-refractivity contribution in [2.45, 2.75) is 51.4 Å². The van der Waals surface area contributed by atoms with Crippen molar-refractivity contribution in [1.82, 2.24) is 4.90 Å². The summed E-state index contributed by atoms with van der Waals surface area (Å²) in [5, 5.41) is 3.22. The summed E-state index contributed by atoms with van der Waals surface area (Å²) in [5.74, 6) is 0.538. The lowest BCUT2D eigenvalue weighted by Crippen LogP contribution is -2.22. The molecule has 5 heteroatoms. The average molecular weight is 444 g/mol. The third kappa shape index (κ3) is 7.83. The molecule has 0 saturated carbocycles. The first-order valence-corrected chi connectivity index (χ1v) is 8.98. The summed E-state index contributed by atoms with van der Waals surface area (Å²) < 4.78 is 0. The first-order valence-electron chi connectivity index (χ1n) is 8.98. The number of benzene rings is 1. The Morgan fingerprint density at radius 1 is 1.08 bits per heavy atom. The second kappa shape index (κ2) is 11.7. The largest absolute Gasteiger partial charge is 0.370 e. The van der Waals surface area contributed by atoms with E-state index in [0.717, 1.165) is 18.7 Å². The number of anilines is 1. The second-order valence-corrected chi connectivity index (χ2v) is 6.80. The molecule has 1 aromatic carbocycles. The summed E-state index contributed by atoms with van der Waals surface area (Å²) in [6.45, 7) is 2.01. The van der Waals surface area contributed by atoms with Crippen LogP contribution in [0.25, 0.3) is 0 Å². The molecule has 0 amide bonds. The Bertz CT molecular complexity index is 514. The van der Waals surface area contributed by atoms with Crippen LogP contribution in [0.5, 0.6) is 0 Å². The van der Waals surface area contributed by atoms with Crippen LogP contribution in [-0.4, -0.2) is 38.0 Å².